The molecule has 1 aliphatic carbocycles. The van der Waals surface area contributed by atoms with Gasteiger partial charge in [0.05, 0.1) is 15.5 Å². The van der Waals surface area contributed by atoms with Crippen LogP contribution in [0, 0.1) is 10.1 Å². The highest BCUT2D eigenvalue weighted by molar-refractivity contribution is 7.92. The molecular formula is C23H26ClN3O7S. The van der Waals surface area contributed by atoms with Crippen molar-refractivity contribution >= 4 is 44.9 Å². The third-order valence-electron chi connectivity index (χ3n) is 5.89. The van der Waals surface area contributed by atoms with Crippen molar-refractivity contribution in [2.45, 2.75) is 56.1 Å². The Morgan fingerprint density at radius 1 is 1.14 bits per heavy atom. The lowest BCUT2D eigenvalue weighted by atomic mass is 9.94. The zero-order valence-corrected chi connectivity index (χ0v) is 20.8. The first-order chi connectivity index (χ1) is 16.5. The standard InChI is InChI=1S/C23H26ClN3O7S/c1-15(22(28)26(2)18-6-4-3-5-7-18)34-23(29)16-8-10-17(11-9-16)25-35(32,33)21-14-19(27(30)31)12-13-20(21)24/h8-15,18,25H,3-7H2,1-2H3. The number of nitro benzene ring substituents is 1. The van der Waals surface area contributed by atoms with Crippen LogP contribution in [0.25, 0.3) is 0 Å². The van der Waals surface area contributed by atoms with Crippen molar-refractivity contribution < 1.29 is 27.7 Å². The van der Waals surface area contributed by atoms with E-state index < -0.39 is 37.6 Å². The molecule has 0 heterocycles. The van der Waals surface area contributed by atoms with E-state index in [1.165, 1.54) is 31.2 Å². The fourth-order valence-electron chi connectivity index (χ4n) is 3.91. The number of nitrogens with zero attached hydrogens (tertiary/aromatic N) is 2. The first-order valence-electron chi connectivity index (χ1n) is 11.0. The van der Waals surface area contributed by atoms with Crippen molar-refractivity contribution in [3.8, 4) is 0 Å². The molecule has 12 heteroatoms. The van der Waals surface area contributed by atoms with Crippen LogP contribution in [-0.4, -0.2) is 49.3 Å². The molecule has 3 rings (SSSR count). The van der Waals surface area contributed by atoms with Gasteiger partial charge in [0.25, 0.3) is 21.6 Å². The SMILES string of the molecule is CC(OC(=O)c1ccc(NS(=O)(=O)c2cc([N+](=O)[O-])ccc2Cl)cc1)C(=O)N(C)C1CCCCC1. The number of nitro groups is 1. The number of nitrogens with one attached hydrogen (secondary N) is 1. The minimum atomic E-state index is -4.24. The molecule has 2 aromatic carbocycles. The number of hydrogen-bond donors (Lipinski definition) is 1. The van der Waals surface area contributed by atoms with Crippen LogP contribution in [0.1, 0.15) is 49.4 Å². The van der Waals surface area contributed by atoms with E-state index in [2.05, 4.69) is 4.72 Å². The van der Waals surface area contributed by atoms with Gasteiger partial charge >= 0.3 is 5.97 Å². The number of esters is 1. The number of anilines is 1. The maximum Gasteiger partial charge on any atom is 0.338 e. The van der Waals surface area contributed by atoms with E-state index in [1.54, 1.807) is 11.9 Å². The van der Waals surface area contributed by atoms with Crippen LogP contribution in [0.4, 0.5) is 11.4 Å². The van der Waals surface area contributed by atoms with Gasteiger partial charge in [0, 0.05) is 30.9 Å². The monoisotopic (exact) mass is 523 g/mol. The second-order valence-electron chi connectivity index (χ2n) is 8.34. The van der Waals surface area contributed by atoms with E-state index in [4.69, 9.17) is 16.3 Å². The second-order valence-corrected chi connectivity index (χ2v) is 10.4. The summed E-state index contributed by atoms with van der Waals surface area (Å²) in [7, 11) is -2.52. The van der Waals surface area contributed by atoms with E-state index in [0.717, 1.165) is 50.3 Å². The summed E-state index contributed by atoms with van der Waals surface area (Å²) in [6.07, 6.45) is 4.19. The number of ether oxygens (including phenoxy) is 1. The number of non-ortho nitro benzene ring substituents is 1. The van der Waals surface area contributed by atoms with Gasteiger partial charge in [-0.15, -0.1) is 0 Å². The number of carbonyl (C=O) groups excluding carboxylic acids is 2. The first kappa shape index (κ1) is 26.4. The van der Waals surface area contributed by atoms with Crippen LogP contribution in [0.2, 0.25) is 5.02 Å². The molecule has 0 saturated heterocycles. The zero-order chi connectivity index (χ0) is 25.8. The topological polar surface area (TPSA) is 136 Å². The zero-order valence-electron chi connectivity index (χ0n) is 19.3. The highest BCUT2D eigenvalue weighted by atomic mass is 35.5. The lowest BCUT2D eigenvalue weighted by Crippen LogP contribution is -2.44. The van der Waals surface area contributed by atoms with Crippen molar-refractivity contribution in [2.24, 2.45) is 0 Å². The Bertz CT molecular complexity index is 1210. The van der Waals surface area contributed by atoms with E-state index in [-0.39, 0.29) is 28.2 Å². The lowest BCUT2D eigenvalue weighted by molar-refractivity contribution is -0.385. The Morgan fingerprint density at radius 2 is 1.77 bits per heavy atom. The van der Waals surface area contributed by atoms with E-state index in [1.807, 2.05) is 0 Å². The van der Waals surface area contributed by atoms with Crippen LogP contribution >= 0.6 is 11.6 Å². The predicted octanol–water partition coefficient (Wildman–Crippen LogP) is 4.39. The molecule has 0 radical (unpaired) electrons. The Labute approximate surface area is 208 Å². The number of rotatable bonds is 8. The van der Waals surface area contributed by atoms with Gasteiger partial charge in [-0.2, -0.15) is 0 Å². The van der Waals surface area contributed by atoms with Gasteiger partial charge in [-0.05, 0) is 50.1 Å². The molecular weight excluding hydrogens is 498 g/mol. The summed E-state index contributed by atoms with van der Waals surface area (Å²) in [6, 6.07) is 8.58. The van der Waals surface area contributed by atoms with Crippen molar-refractivity contribution in [2.75, 3.05) is 11.8 Å². The molecule has 1 aliphatic rings. The quantitative estimate of drug-likeness (QED) is 0.308. The average molecular weight is 524 g/mol. The van der Waals surface area contributed by atoms with E-state index in [0.29, 0.717) is 0 Å². The highest BCUT2D eigenvalue weighted by Gasteiger charge is 2.28. The Hall–Kier alpha value is -3.18. The van der Waals surface area contributed by atoms with Gasteiger partial charge in [0.1, 0.15) is 4.90 Å². The summed E-state index contributed by atoms with van der Waals surface area (Å²) in [5, 5.41) is 10.8. The molecule has 1 fully saturated rings. The first-order valence-corrected chi connectivity index (χ1v) is 12.9. The van der Waals surface area contributed by atoms with Crippen LogP contribution in [0.15, 0.2) is 47.4 Å². The number of likely N-dealkylation sites (N-methyl/N-ethyl adjacent to an activating group) is 1. The maximum absolute atomic E-state index is 12.7. The van der Waals surface area contributed by atoms with Gasteiger partial charge in [-0.1, -0.05) is 30.9 Å². The number of carbonyl (C=O) groups is 2. The minimum absolute atomic E-state index is 0.102. The van der Waals surface area contributed by atoms with Crippen molar-refractivity contribution in [1.29, 1.82) is 0 Å². The number of benzene rings is 2. The van der Waals surface area contributed by atoms with Crippen LogP contribution in [-0.2, 0) is 19.6 Å². The van der Waals surface area contributed by atoms with E-state index >= 15 is 0 Å². The molecule has 1 N–H and O–H groups in total. The van der Waals surface area contributed by atoms with Gasteiger partial charge in [0.2, 0.25) is 0 Å². The van der Waals surface area contributed by atoms with Gasteiger partial charge in [-0.25, -0.2) is 13.2 Å². The molecule has 1 unspecified atom stereocenters. The molecule has 1 saturated carbocycles. The summed E-state index contributed by atoms with van der Waals surface area (Å²) < 4.78 is 32.9. The molecule has 0 aromatic heterocycles. The Balaban J connectivity index is 1.65. The molecule has 0 aliphatic heterocycles. The smallest absolute Gasteiger partial charge is 0.338 e. The molecule has 0 bridgehead atoms. The number of hydrogen-bond acceptors (Lipinski definition) is 7. The fourth-order valence-corrected chi connectivity index (χ4v) is 5.49. The largest absolute Gasteiger partial charge is 0.449 e. The Morgan fingerprint density at radius 3 is 2.37 bits per heavy atom. The molecule has 1 atom stereocenters. The van der Waals surface area contributed by atoms with Crippen molar-refractivity contribution in [3.63, 3.8) is 0 Å². The molecule has 0 spiro atoms. The second kappa shape index (κ2) is 11.0. The summed E-state index contributed by atoms with van der Waals surface area (Å²) in [4.78, 5) is 36.6. The third kappa shape index (κ3) is 6.49. The molecule has 188 valence electrons. The summed E-state index contributed by atoms with van der Waals surface area (Å²) in [6.45, 7) is 1.52. The highest BCUT2D eigenvalue weighted by Crippen LogP contribution is 2.28. The predicted molar refractivity (Wildman–Crippen MR) is 130 cm³/mol. The minimum Gasteiger partial charge on any atom is -0.449 e. The van der Waals surface area contributed by atoms with Crippen LogP contribution < -0.4 is 4.72 Å². The number of sulfonamides is 1. The van der Waals surface area contributed by atoms with Gasteiger partial charge < -0.3 is 9.64 Å². The van der Waals surface area contributed by atoms with Crippen LogP contribution in [0.3, 0.4) is 0 Å². The number of halogens is 1. The number of amides is 1. The van der Waals surface area contributed by atoms with Gasteiger partial charge in [-0.3, -0.25) is 19.6 Å². The Kier molecular flexibility index (Phi) is 8.34. The molecule has 1 amide bonds. The normalized spacial score (nSPS) is 15.2. The van der Waals surface area contributed by atoms with Gasteiger partial charge in [0.15, 0.2) is 6.10 Å². The average Bonchev–Trinajstić information content (AvgIpc) is 2.83. The summed E-state index contributed by atoms with van der Waals surface area (Å²) in [5.41, 5.74) is -0.197. The van der Waals surface area contributed by atoms with Crippen LogP contribution in [0.5, 0.6) is 0 Å². The maximum atomic E-state index is 12.7. The molecule has 35 heavy (non-hydrogen) atoms. The van der Waals surface area contributed by atoms with E-state index in [9.17, 15) is 28.1 Å². The lowest BCUT2D eigenvalue weighted by Gasteiger charge is -2.32. The third-order valence-corrected chi connectivity index (χ3v) is 7.75. The van der Waals surface area contributed by atoms with Crippen molar-refractivity contribution in [3.05, 3.63) is 63.2 Å². The fraction of sp³-hybridized carbons (Fsp3) is 0.391. The summed E-state index contributed by atoms with van der Waals surface area (Å²) in [5.74, 6) is -0.998. The molecule has 10 nitrogen and oxygen atoms in total. The summed E-state index contributed by atoms with van der Waals surface area (Å²) >= 11 is 5.93. The van der Waals surface area contributed by atoms with Crippen molar-refractivity contribution in [1.82, 2.24) is 4.90 Å². The molecule has 2 aromatic rings.